The molecule has 0 fully saturated rings. The van der Waals surface area contributed by atoms with E-state index in [1.54, 1.807) is 11.7 Å². The molecule has 1 amide bonds. The molecule has 1 rings (SSSR count). The van der Waals surface area contributed by atoms with Gasteiger partial charge in [0, 0.05) is 25.4 Å². The minimum Gasteiger partial charge on any atom is -0.274 e. The third kappa shape index (κ3) is 2.02. The first-order valence-electron chi connectivity index (χ1n) is 4.87. The van der Waals surface area contributed by atoms with E-state index in [1.165, 1.54) is 12.2 Å². The molecular formula is C10H17N3O2. The maximum atomic E-state index is 11.8. The summed E-state index contributed by atoms with van der Waals surface area (Å²) in [6.07, 6.45) is 0.860. The lowest BCUT2D eigenvalue weighted by Gasteiger charge is -2.11. The van der Waals surface area contributed by atoms with Crippen molar-refractivity contribution in [3.63, 3.8) is 0 Å². The van der Waals surface area contributed by atoms with Gasteiger partial charge in [0.1, 0.15) is 0 Å². The molecular weight excluding hydrogens is 194 g/mol. The number of amides is 1. The summed E-state index contributed by atoms with van der Waals surface area (Å²) in [5.74, 6) is -0.217. The van der Waals surface area contributed by atoms with Crippen LogP contribution in [0.4, 0.5) is 0 Å². The zero-order chi connectivity index (χ0) is 11.6. The van der Waals surface area contributed by atoms with Crippen LogP contribution in [-0.2, 0) is 18.3 Å². The Morgan fingerprint density at radius 1 is 1.60 bits per heavy atom. The summed E-state index contributed by atoms with van der Waals surface area (Å²) in [5.41, 5.74) is 2.45. The lowest BCUT2D eigenvalue weighted by Crippen LogP contribution is -2.26. The molecule has 0 saturated heterocycles. The highest BCUT2D eigenvalue weighted by molar-refractivity contribution is 5.93. The number of rotatable bonds is 3. The largest absolute Gasteiger partial charge is 0.297 e. The van der Waals surface area contributed by atoms with Gasteiger partial charge in [0.15, 0.2) is 5.69 Å². The van der Waals surface area contributed by atoms with Gasteiger partial charge in [0.05, 0.1) is 7.11 Å². The summed E-state index contributed by atoms with van der Waals surface area (Å²) in [7, 11) is 4.87. The number of carbonyl (C=O) groups is 1. The first-order chi connectivity index (χ1) is 7.02. The van der Waals surface area contributed by atoms with E-state index in [9.17, 15) is 4.79 Å². The van der Waals surface area contributed by atoms with E-state index in [4.69, 9.17) is 4.84 Å². The number of hydrogen-bond acceptors (Lipinski definition) is 3. The Labute approximate surface area is 89.6 Å². The molecule has 0 saturated carbocycles. The fraction of sp³-hybridized carbons (Fsp3) is 0.600. The Morgan fingerprint density at radius 2 is 2.20 bits per heavy atom. The summed E-state index contributed by atoms with van der Waals surface area (Å²) in [6, 6.07) is 0. The summed E-state index contributed by atoms with van der Waals surface area (Å²) in [6.45, 7) is 3.95. The van der Waals surface area contributed by atoms with Gasteiger partial charge in [-0.05, 0) is 13.3 Å². The van der Waals surface area contributed by atoms with E-state index in [0.29, 0.717) is 5.69 Å². The van der Waals surface area contributed by atoms with Gasteiger partial charge in [0.25, 0.3) is 5.91 Å². The molecule has 15 heavy (non-hydrogen) atoms. The molecule has 0 unspecified atom stereocenters. The summed E-state index contributed by atoms with van der Waals surface area (Å²) >= 11 is 0. The number of hydrogen-bond donors (Lipinski definition) is 0. The molecule has 0 spiro atoms. The van der Waals surface area contributed by atoms with Crippen LogP contribution in [0.1, 0.15) is 28.7 Å². The van der Waals surface area contributed by atoms with E-state index in [-0.39, 0.29) is 5.91 Å². The molecule has 1 heterocycles. The van der Waals surface area contributed by atoms with Gasteiger partial charge in [-0.3, -0.25) is 14.3 Å². The van der Waals surface area contributed by atoms with E-state index in [2.05, 4.69) is 5.10 Å². The van der Waals surface area contributed by atoms with Gasteiger partial charge in [-0.2, -0.15) is 5.10 Å². The fourth-order valence-electron chi connectivity index (χ4n) is 1.59. The van der Waals surface area contributed by atoms with Crippen LogP contribution >= 0.6 is 0 Å². The maximum Gasteiger partial charge on any atom is 0.297 e. The minimum atomic E-state index is -0.217. The summed E-state index contributed by atoms with van der Waals surface area (Å²) < 4.78 is 1.74. The molecule has 1 aromatic heterocycles. The normalized spacial score (nSPS) is 10.5. The molecule has 0 aromatic carbocycles. The Bertz CT molecular complexity index is 371. The van der Waals surface area contributed by atoms with Crippen molar-refractivity contribution in [3.8, 4) is 0 Å². The highest BCUT2D eigenvalue weighted by Gasteiger charge is 2.20. The monoisotopic (exact) mass is 211 g/mol. The lowest BCUT2D eigenvalue weighted by atomic mass is 10.1. The van der Waals surface area contributed by atoms with E-state index >= 15 is 0 Å². The minimum absolute atomic E-state index is 0.217. The van der Waals surface area contributed by atoms with Crippen molar-refractivity contribution in [2.45, 2.75) is 20.3 Å². The number of nitrogens with zero attached hydrogens (tertiary/aromatic N) is 3. The van der Waals surface area contributed by atoms with Crippen LogP contribution in [0.2, 0.25) is 0 Å². The number of carbonyl (C=O) groups excluding carboxylic acids is 1. The molecule has 0 aliphatic carbocycles. The first-order valence-corrected chi connectivity index (χ1v) is 4.87. The molecule has 0 radical (unpaired) electrons. The molecule has 1 aromatic rings. The molecule has 0 aliphatic heterocycles. The lowest BCUT2D eigenvalue weighted by molar-refractivity contribution is -0.0761. The zero-order valence-electron chi connectivity index (χ0n) is 9.87. The van der Waals surface area contributed by atoms with Crippen molar-refractivity contribution in [2.75, 3.05) is 14.2 Å². The van der Waals surface area contributed by atoms with Gasteiger partial charge in [-0.25, -0.2) is 5.06 Å². The topological polar surface area (TPSA) is 47.4 Å². The van der Waals surface area contributed by atoms with Crippen molar-refractivity contribution in [1.29, 1.82) is 0 Å². The number of aryl methyl sites for hydroxylation is 1. The van der Waals surface area contributed by atoms with Crippen LogP contribution in [-0.4, -0.2) is 34.9 Å². The quantitative estimate of drug-likeness (QED) is 0.699. The molecule has 5 nitrogen and oxygen atoms in total. The highest BCUT2D eigenvalue weighted by atomic mass is 16.7. The van der Waals surface area contributed by atoms with E-state index in [0.717, 1.165) is 17.7 Å². The average molecular weight is 211 g/mol. The average Bonchev–Trinajstić information content (AvgIpc) is 2.51. The SMILES string of the molecule is CCc1c(C)c(C(=O)N(C)OC)nn1C. The van der Waals surface area contributed by atoms with Crippen molar-refractivity contribution in [2.24, 2.45) is 7.05 Å². The zero-order valence-corrected chi connectivity index (χ0v) is 9.87. The molecule has 0 aliphatic rings. The second-order valence-electron chi connectivity index (χ2n) is 3.38. The maximum absolute atomic E-state index is 11.8. The van der Waals surface area contributed by atoms with Gasteiger partial charge in [-0.15, -0.1) is 0 Å². The summed E-state index contributed by atoms with van der Waals surface area (Å²) in [4.78, 5) is 16.6. The first kappa shape index (κ1) is 11.7. The second kappa shape index (κ2) is 4.44. The molecule has 5 heteroatoms. The Balaban J connectivity index is 3.11. The van der Waals surface area contributed by atoms with Crippen LogP contribution in [0.15, 0.2) is 0 Å². The summed E-state index contributed by atoms with van der Waals surface area (Å²) in [5, 5.41) is 5.37. The van der Waals surface area contributed by atoms with Crippen LogP contribution in [0.3, 0.4) is 0 Å². The molecule has 0 bridgehead atoms. The van der Waals surface area contributed by atoms with Gasteiger partial charge in [-0.1, -0.05) is 6.92 Å². The van der Waals surface area contributed by atoms with Crippen LogP contribution in [0.5, 0.6) is 0 Å². The van der Waals surface area contributed by atoms with Crippen molar-refractivity contribution >= 4 is 5.91 Å². The Hall–Kier alpha value is -1.36. The Morgan fingerprint density at radius 3 is 2.60 bits per heavy atom. The van der Waals surface area contributed by atoms with Crippen LogP contribution < -0.4 is 0 Å². The van der Waals surface area contributed by atoms with Crippen LogP contribution in [0, 0.1) is 6.92 Å². The van der Waals surface area contributed by atoms with Gasteiger partial charge < -0.3 is 0 Å². The molecule has 0 N–H and O–H groups in total. The van der Waals surface area contributed by atoms with E-state index < -0.39 is 0 Å². The smallest absolute Gasteiger partial charge is 0.274 e. The third-order valence-corrected chi connectivity index (χ3v) is 2.53. The number of hydroxylamine groups is 2. The molecule has 0 atom stereocenters. The van der Waals surface area contributed by atoms with E-state index in [1.807, 2.05) is 20.9 Å². The third-order valence-electron chi connectivity index (χ3n) is 2.53. The second-order valence-corrected chi connectivity index (χ2v) is 3.38. The van der Waals surface area contributed by atoms with Gasteiger partial charge >= 0.3 is 0 Å². The fourth-order valence-corrected chi connectivity index (χ4v) is 1.59. The van der Waals surface area contributed by atoms with Crippen molar-refractivity contribution in [1.82, 2.24) is 14.8 Å². The Kier molecular flexibility index (Phi) is 3.47. The van der Waals surface area contributed by atoms with Gasteiger partial charge in [0.2, 0.25) is 0 Å². The van der Waals surface area contributed by atoms with Crippen molar-refractivity contribution in [3.05, 3.63) is 17.0 Å². The number of aromatic nitrogens is 2. The predicted octanol–water partition coefficient (Wildman–Crippen LogP) is 0.924. The predicted molar refractivity (Wildman–Crippen MR) is 56.4 cm³/mol. The van der Waals surface area contributed by atoms with Crippen molar-refractivity contribution < 1.29 is 9.63 Å². The highest BCUT2D eigenvalue weighted by Crippen LogP contribution is 2.14. The van der Waals surface area contributed by atoms with Crippen LogP contribution in [0.25, 0.3) is 0 Å². The molecule has 84 valence electrons. The standard InChI is InChI=1S/C10H17N3O2/c1-6-8-7(2)9(11-12(8)3)10(14)13(4)15-5/h6H2,1-5H3.